The van der Waals surface area contributed by atoms with Crippen LogP contribution in [0.15, 0.2) is 36.5 Å². The first-order valence-corrected chi connectivity index (χ1v) is 14.4. The molecule has 0 heterocycles. The van der Waals surface area contributed by atoms with E-state index in [1.165, 1.54) is 148 Å². The van der Waals surface area contributed by atoms with Crippen LogP contribution in [0.25, 0.3) is 0 Å². The van der Waals surface area contributed by atoms with Crippen LogP contribution in [0.3, 0.4) is 0 Å². The van der Waals surface area contributed by atoms with Gasteiger partial charge in [0, 0.05) is 0 Å². The van der Waals surface area contributed by atoms with Crippen molar-refractivity contribution in [3.05, 3.63) is 36.5 Å². The summed E-state index contributed by atoms with van der Waals surface area (Å²) in [6.45, 7) is 4.57. The predicted molar refractivity (Wildman–Crippen MR) is 145 cm³/mol. The molecule has 0 nitrogen and oxygen atoms in total. The van der Waals surface area contributed by atoms with Crippen LogP contribution in [0.2, 0.25) is 0 Å². The molecule has 0 aromatic rings. The minimum absolute atomic E-state index is 1.28. The first-order valence-electron chi connectivity index (χ1n) is 14.4. The minimum atomic E-state index is 1.28. The van der Waals surface area contributed by atoms with E-state index >= 15 is 0 Å². The molecule has 0 aliphatic heterocycles. The van der Waals surface area contributed by atoms with Gasteiger partial charge >= 0.3 is 0 Å². The van der Waals surface area contributed by atoms with Crippen molar-refractivity contribution in [2.24, 2.45) is 0 Å². The van der Waals surface area contributed by atoms with Crippen LogP contribution in [0, 0.1) is 0 Å². The molecule has 0 radical (unpaired) electrons. The highest BCUT2D eigenvalue weighted by Gasteiger charge is 1.91. The average Bonchev–Trinajstić information content (AvgIpc) is 2.78. The van der Waals surface area contributed by atoms with Crippen molar-refractivity contribution in [3.8, 4) is 0 Å². The van der Waals surface area contributed by atoms with Crippen LogP contribution in [0.5, 0.6) is 0 Å². The van der Waals surface area contributed by atoms with Crippen LogP contribution in [0.1, 0.15) is 162 Å². The molecule has 0 spiro atoms. The third kappa shape index (κ3) is 29.2. The van der Waals surface area contributed by atoms with E-state index in [1.54, 1.807) is 0 Å². The van der Waals surface area contributed by atoms with Gasteiger partial charge in [-0.15, -0.1) is 0 Å². The van der Waals surface area contributed by atoms with Crippen LogP contribution in [-0.2, 0) is 0 Å². The van der Waals surface area contributed by atoms with Gasteiger partial charge in [-0.05, 0) is 77.0 Å². The Labute approximate surface area is 198 Å². The highest BCUT2D eigenvalue weighted by molar-refractivity contribution is 4.84. The maximum Gasteiger partial charge on any atom is -0.0351 e. The van der Waals surface area contributed by atoms with Gasteiger partial charge in [0.1, 0.15) is 0 Å². The summed E-state index contributed by atoms with van der Waals surface area (Å²) in [4.78, 5) is 0. The number of allylic oxidation sites excluding steroid dienone is 6. The Morgan fingerprint density at radius 2 is 0.452 bits per heavy atom. The van der Waals surface area contributed by atoms with Crippen molar-refractivity contribution >= 4 is 0 Å². The monoisotopic (exact) mass is 430 g/mol. The van der Waals surface area contributed by atoms with Crippen LogP contribution in [0.4, 0.5) is 0 Å². The van der Waals surface area contributed by atoms with Gasteiger partial charge < -0.3 is 0 Å². The quantitative estimate of drug-likeness (QED) is 0.0997. The van der Waals surface area contributed by atoms with Crippen LogP contribution in [-0.4, -0.2) is 0 Å². The van der Waals surface area contributed by atoms with Crippen molar-refractivity contribution < 1.29 is 0 Å². The van der Waals surface area contributed by atoms with Gasteiger partial charge in [-0.1, -0.05) is 121 Å². The Balaban J connectivity index is 3.17. The fraction of sp³-hybridized carbons (Fsp3) is 0.806. The summed E-state index contributed by atoms with van der Waals surface area (Å²) < 4.78 is 0. The summed E-state index contributed by atoms with van der Waals surface area (Å²) in [5, 5.41) is 0. The summed E-state index contributed by atoms with van der Waals surface area (Å²) in [5.74, 6) is 0. The Morgan fingerprint density at radius 1 is 0.258 bits per heavy atom. The lowest BCUT2D eigenvalue weighted by Gasteiger charge is -1.99. The second-order valence-corrected chi connectivity index (χ2v) is 9.45. The van der Waals surface area contributed by atoms with Gasteiger partial charge in [-0.2, -0.15) is 0 Å². The second-order valence-electron chi connectivity index (χ2n) is 9.45. The van der Waals surface area contributed by atoms with Gasteiger partial charge in [0.25, 0.3) is 0 Å². The van der Waals surface area contributed by atoms with E-state index in [2.05, 4.69) is 50.3 Å². The number of unbranched alkanes of at least 4 members (excludes halogenated alkanes) is 19. The van der Waals surface area contributed by atoms with E-state index in [0.29, 0.717) is 0 Å². The summed E-state index contributed by atoms with van der Waals surface area (Å²) >= 11 is 0. The molecule has 0 aliphatic carbocycles. The predicted octanol–water partition coefficient (Wildman–Crippen LogP) is 11.7. The summed E-state index contributed by atoms with van der Waals surface area (Å²) in [6, 6.07) is 0. The minimum Gasteiger partial charge on any atom is -0.0885 e. The molecule has 0 fully saturated rings. The molecule has 0 aromatic heterocycles. The van der Waals surface area contributed by atoms with E-state index < -0.39 is 0 Å². The molecule has 0 rings (SSSR count). The van der Waals surface area contributed by atoms with Crippen molar-refractivity contribution in [2.45, 2.75) is 162 Å². The zero-order valence-corrected chi connectivity index (χ0v) is 21.7. The Hall–Kier alpha value is -0.780. The second kappa shape index (κ2) is 29.2. The van der Waals surface area contributed by atoms with E-state index in [4.69, 9.17) is 0 Å². The van der Waals surface area contributed by atoms with Crippen molar-refractivity contribution in [1.82, 2.24) is 0 Å². The maximum absolute atomic E-state index is 2.43. The Morgan fingerprint density at radius 3 is 0.774 bits per heavy atom. The van der Waals surface area contributed by atoms with Gasteiger partial charge in [0.15, 0.2) is 0 Å². The standard InChI is InChI=1S/C31H58/c1-3-5-7-9-11-13-15-17-19-21-23-25-27-29-31-30-28-26-24-22-20-18-16-14-12-10-8-6-4-2/h11,13,18,20,30-31H,3-10,12,14-17,19,21-29H2,1-2H3. The first-order chi connectivity index (χ1) is 15.4. The lowest BCUT2D eigenvalue weighted by Crippen LogP contribution is -1.80. The average molecular weight is 431 g/mol. The largest absolute Gasteiger partial charge is 0.0885 e. The highest BCUT2D eigenvalue weighted by Crippen LogP contribution is 2.11. The molecule has 182 valence electrons. The van der Waals surface area contributed by atoms with Crippen molar-refractivity contribution in [1.29, 1.82) is 0 Å². The zero-order chi connectivity index (χ0) is 22.5. The fourth-order valence-electron chi connectivity index (χ4n) is 4.02. The fourth-order valence-corrected chi connectivity index (χ4v) is 4.02. The van der Waals surface area contributed by atoms with Crippen LogP contribution >= 0.6 is 0 Å². The zero-order valence-electron chi connectivity index (χ0n) is 21.7. The third-order valence-electron chi connectivity index (χ3n) is 6.18. The molecule has 0 saturated carbocycles. The smallest absolute Gasteiger partial charge is 0.0351 e. The maximum atomic E-state index is 2.43. The molecule has 0 N–H and O–H groups in total. The Bertz CT molecular complexity index is 387. The first kappa shape index (κ1) is 30.2. The molecule has 0 aromatic carbocycles. The molecule has 0 atom stereocenters. The number of hydrogen-bond donors (Lipinski definition) is 0. The van der Waals surface area contributed by atoms with Crippen LogP contribution < -0.4 is 0 Å². The van der Waals surface area contributed by atoms with Gasteiger partial charge in [-0.3, -0.25) is 0 Å². The molecule has 0 heteroatoms. The molecule has 0 saturated heterocycles. The molecule has 0 aliphatic rings. The van der Waals surface area contributed by atoms with E-state index in [-0.39, 0.29) is 0 Å². The van der Waals surface area contributed by atoms with E-state index in [0.717, 1.165) is 0 Å². The molecule has 0 unspecified atom stereocenters. The third-order valence-corrected chi connectivity index (χ3v) is 6.18. The van der Waals surface area contributed by atoms with Gasteiger partial charge in [0.05, 0.1) is 0 Å². The molecule has 0 amide bonds. The summed E-state index contributed by atoms with van der Waals surface area (Å²) in [7, 11) is 0. The molecular formula is C31H58. The summed E-state index contributed by atoms with van der Waals surface area (Å²) in [5.41, 5.74) is 0. The highest BCUT2D eigenvalue weighted by atomic mass is 14.0. The van der Waals surface area contributed by atoms with E-state index in [9.17, 15) is 0 Å². The number of rotatable bonds is 25. The molecular weight excluding hydrogens is 372 g/mol. The van der Waals surface area contributed by atoms with Crippen molar-refractivity contribution in [2.75, 3.05) is 0 Å². The summed E-state index contributed by atoms with van der Waals surface area (Å²) in [6.07, 6.45) is 45.9. The number of hydrogen-bond acceptors (Lipinski definition) is 0. The molecule has 31 heavy (non-hydrogen) atoms. The van der Waals surface area contributed by atoms with Gasteiger partial charge in [0.2, 0.25) is 0 Å². The SMILES string of the molecule is CCCCCC=CCCCCCCCCC=CCCCCC=CCCCCCCCC. The van der Waals surface area contributed by atoms with Crippen molar-refractivity contribution in [3.63, 3.8) is 0 Å². The van der Waals surface area contributed by atoms with Gasteiger partial charge in [-0.25, -0.2) is 0 Å². The van der Waals surface area contributed by atoms with E-state index in [1.807, 2.05) is 0 Å². The lowest BCUT2D eigenvalue weighted by atomic mass is 10.1. The molecule has 0 bridgehead atoms. The Kier molecular flexibility index (Phi) is 28.5. The lowest BCUT2D eigenvalue weighted by molar-refractivity contribution is 0.599. The topological polar surface area (TPSA) is 0 Å². The normalized spacial score (nSPS) is 12.2.